The van der Waals surface area contributed by atoms with E-state index < -0.39 is 0 Å². The smallest absolute Gasteiger partial charge is 0.0445 e. The maximum absolute atomic E-state index is 6.04. The van der Waals surface area contributed by atoms with Crippen molar-refractivity contribution in [3.8, 4) is 0 Å². The summed E-state index contributed by atoms with van der Waals surface area (Å²) in [5.74, 6) is 0. The van der Waals surface area contributed by atoms with Crippen LogP contribution in [0, 0.1) is 0 Å². The zero-order valence-electron chi connectivity index (χ0n) is 9.37. The Balaban J connectivity index is 2.17. The second kappa shape index (κ2) is 3.94. The monoisotopic (exact) mass is 263 g/mol. The summed E-state index contributed by atoms with van der Waals surface area (Å²) in [5, 5.41) is 1.56. The maximum Gasteiger partial charge on any atom is 0.0445 e. The Hall–Kier alpha value is -1.18. The molecule has 17 heavy (non-hydrogen) atoms. The molecule has 1 heterocycles. The Morgan fingerprint density at radius 2 is 1.35 bits per heavy atom. The molecule has 0 unspecified atom stereocenters. The molecule has 0 fully saturated rings. The normalized spacial score (nSPS) is 13.2. The highest BCUT2D eigenvalue weighted by molar-refractivity contribution is 6.31. The van der Waals surface area contributed by atoms with Gasteiger partial charge >= 0.3 is 0 Å². The second-order valence-electron chi connectivity index (χ2n) is 4.28. The Bertz CT molecular complexity index is 541. The number of benzene rings is 2. The highest BCUT2D eigenvalue weighted by Crippen LogP contribution is 2.39. The molecule has 2 aromatic carbocycles. The van der Waals surface area contributed by atoms with Gasteiger partial charge in [0.15, 0.2) is 0 Å². The van der Waals surface area contributed by atoms with Crippen LogP contribution >= 0.6 is 23.2 Å². The molecule has 0 saturated carbocycles. The van der Waals surface area contributed by atoms with Gasteiger partial charge in [-0.25, -0.2) is 0 Å². The van der Waals surface area contributed by atoms with Crippen molar-refractivity contribution in [3.05, 3.63) is 57.6 Å². The third kappa shape index (κ3) is 1.80. The number of fused-ring (bicyclic) bond motifs is 2. The predicted molar refractivity (Wildman–Crippen MR) is 73.8 cm³/mol. The van der Waals surface area contributed by atoms with Gasteiger partial charge in [-0.05, 0) is 47.5 Å². The van der Waals surface area contributed by atoms with Crippen LogP contribution in [0.4, 0.5) is 11.4 Å². The van der Waals surface area contributed by atoms with Gasteiger partial charge in [0.1, 0.15) is 0 Å². The van der Waals surface area contributed by atoms with Crippen LogP contribution in [0.1, 0.15) is 11.1 Å². The Labute approximate surface area is 111 Å². The summed E-state index contributed by atoms with van der Waals surface area (Å²) in [6, 6.07) is 12.0. The van der Waals surface area contributed by atoms with E-state index in [0.29, 0.717) is 0 Å². The summed E-state index contributed by atoms with van der Waals surface area (Å²) < 4.78 is 0. The average molecular weight is 264 g/mol. The molecular formula is C14H11Cl2N. The minimum absolute atomic E-state index is 0.780. The molecular weight excluding hydrogens is 253 g/mol. The topological polar surface area (TPSA) is 3.24 Å². The van der Waals surface area contributed by atoms with Crippen LogP contribution in [0.15, 0.2) is 36.4 Å². The van der Waals surface area contributed by atoms with Crippen molar-refractivity contribution in [1.29, 1.82) is 0 Å². The molecule has 0 bridgehead atoms. The van der Waals surface area contributed by atoms with E-state index in [1.807, 2.05) is 24.3 Å². The molecule has 86 valence electrons. The molecule has 0 spiro atoms. The van der Waals surface area contributed by atoms with Crippen molar-refractivity contribution >= 4 is 34.6 Å². The number of hydrogen-bond acceptors (Lipinski definition) is 1. The van der Waals surface area contributed by atoms with Gasteiger partial charge < -0.3 is 4.90 Å². The van der Waals surface area contributed by atoms with E-state index in [0.717, 1.165) is 16.5 Å². The molecule has 0 radical (unpaired) electrons. The number of nitrogens with zero attached hydrogens (tertiary/aromatic N) is 1. The third-order valence-corrected chi connectivity index (χ3v) is 3.66. The quantitative estimate of drug-likeness (QED) is 0.668. The summed E-state index contributed by atoms with van der Waals surface area (Å²) in [6.45, 7) is 0. The Morgan fingerprint density at radius 1 is 0.882 bits per heavy atom. The van der Waals surface area contributed by atoms with Crippen molar-refractivity contribution in [2.45, 2.75) is 6.42 Å². The van der Waals surface area contributed by atoms with E-state index in [1.165, 1.54) is 22.5 Å². The van der Waals surface area contributed by atoms with Crippen molar-refractivity contribution in [2.75, 3.05) is 11.9 Å². The van der Waals surface area contributed by atoms with Crippen molar-refractivity contribution in [1.82, 2.24) is 0 Å². The fourth-order valence-electron chi connectivity index (χ4n) is 2.38. The zero-order valence-corrected chi connectivity index (χ0v) is 10.9. The van der Waals surface area contributed by atoms with Crippen LogP contribution in [0.5, 0.6) is 0 Å². The molecule has 1 aliphatic rings. The van der Waals surface area contributed by atoms with Crippen LogP contribution < -0.4 is 4.90 Å². The summed E-state index contributed by atoms with van der Waals surface area (Å²) in [7, 11) is 2.07. The lowest BCUT2D eigenvalue weighted by Crippen LogP contribution is -2.18. The Morgan fingerprint density at radius 3 is 1.82 bits per heavy atom. The number of anilines is 2. The van der Waals surface area contributed by atoms with E-state index in [2.05, 4.69) is 24.1 Å². The van der Waals surface area contributed by atoms with Crippen LogP contribution in [0.25, 0.3) is 0 Å². The highest BCUT2D eigenvalue weighted by atomic mass is 35.5. The summed E-state index contributed by atoms with van der Waals surface area (Å²) in [6.07, 6.45) is 0.885. The first-order valence-electron chi connectivity index (χ1n) is 5.46. The van der Waals surface area contributed by atoms with E-state index in [9.17, 15) is 0 Å². The molecule has 3 rings (SSSR count). The number of halogens is 2. The second-order valence-corrected chi connectivity index (χ2v) is 5.15. The first-order chi connectivity index (χ1) is 8.15. The lowest BCUT2D eigenvalue weighted by atomic mass is 9.96. The fraction of sp³-hybridized carbons (Fsp3) is 0.143. The highest BCUT2D eigenvalue weighted by Gasteiger charge is 2.19. The molecule has 0 aromatic heterocycles. The number of hydrogen-bond donors (Lipinski definition) is 0. The standard InChI is InChI=1S/C14H11Cl2N/c1-17-13-4-2-11(15)7-9(13)6-10-8-12(16)3-5-14(10)17/h2-5,7-8H,6H2,1H3. The van der Waals surface area contributed by atoms with Gasteiger partial charge in [0.05, 0.1) is 0 Å². The van der Waals surface area contributed by atoms with Gasteiger partial charge in [-0.15, -0.1) is 0 Å². The summed E-state index contributed by atoms with van der Waals surface area (Å²) in [5.41, 5.74) is 4.91. The predicted octanol–water partition coefficient (Wildman–Crippen LogP) is 4.67. The van der Waals surface area contributed by atoms with Gasteiger partial charge in [-0.2, -0.15) is 0 Å². The van der Waals surface area contributed by atoms with Crippen LogP contribution in [-0.4, -0.2) is 7.05 Å². The van der Waals surface area contributed by atoms with Gasteiger partial charge in [0.2, 0.25) is 0 Å². The first kappa shape index (κ1) is 10.9. The lowest BCUT2D eigenvalue weighted by Gasteiger charge is -2.30. The van der Waals surface area contributed by atoms with Crippen molar-refractivity contribution in [3.63, 3.8) is 0 Å². The largest absolute Gasteiger partial charge is 0.344 e. The Kier molecular flexibility index (Phi) is 2.53. The molecule has 0 N–H and O–H groups in total. The van der Waals surface area contributed by atoms with E-state index >= 15 is 0 Å². The van der Waals surface area contributed by atoms with Gasteiger partial charge in [0, 0.05) is 34.9 Å². The molecule has 1 aliphatic heterocycles. The first-order valence-corrected chi connectivity index (χ1v) is 6.21. The molecule has 1 nitrogen and oxygen atoms in total. The molecule has 2 aromatic rings. The molecule has 0 aliphatic carbocycles. The molecule has 0 saturated heterocycles. The molecule has 0 atom stereocenters. The van der Waals surface area contributed by atoms with Gasteiger partial charge in [-0.3, -0.25) is 0 Å². The summed E-state index contributed by atoms with van der Waals surface area (Å²) in [4.78, 5) is 2.18. The third-order valence-electron chi connectivity index (χ3n) is 3.19. The summed E-state index contributed by atoms with van der Waals surface area (Å²) >= 11 is 12.1. The van der Waals surface area contributed by atoms with Crippen LogP contribution in [-0.2, 0) is 6.42 Å². The average Bonchev–Trinajstić information content (AvgIpc) is 2.28. The van der Waals surface area contributed by atoms with Crippen LogP contribution in [0.2, 0.25) is 10.0 Å². The maximum atomic E-state index is 6.04. The fourth-order valence-corrected chi connectivity index (χ4v) is 2.77. The van der Waals surface area contributed by atoms with Gasteiger partial charge in [-0.1, -0.05) is 23.2 Å². The minimum atomic E-state index is 0.780. The van der Waals surface area contributed by atoms with E-state index in [1.54, 1.807) is 0 Å². The van der Waals surface area contributed by atoms with Crippen molar-refractivity contribution in [2.24, 2.45) is 0 Å². The number of rotatable bonds is 0. The molecule has 0 amide bonds. The van der Waals surface area contributed by atoms with Crippen molar-refractivity contribution < 1.29 is 0 Å². The minimum Gasteiger partial charge on any atom is -0.344 e. The van der Waals surface area contributed by atoms with Crippen LogP contribution in [0.3, 0.4) is 0 Å². The molecule has 3 heteroatoms. The van der Waals surface area contributed by atoms with E-state index in [-0.39, 0.29) is 0 Å². The lowest BCUT2D eigenvalue weighted by molar-refractivity contribution is 1.06. The van der Waals surface area contributed by atoms with E-state index in [4.69, 9.17) is 23.2 Å². The zero-order chi connectivity index (χ0) is 12.0. The SMILES string of the molecule is CN1c2ccc(Cl)cc2Cc2cc(Cl)ccc21. The van der Waals surface area contributed by atoms with Gasteiger partial charge in [0.25, 0.3) is 0 Å².